The first-order chi connectivity index (χ1) is 12.9. The maximum absolute atomic E-state index is 12.9. The number of hydrogen-bond acceptors (Lipinski definition) is 4. The Morgan fingerprint density at radius 1 is 0.926 bits per heavy atom. The Labute approximate surface area is 157 Å². The van der Waals surface area contributed by atoms with Crippen LogP contribution in [0.25, 0.3) is 0 Å². The standard InChI is InChI=1S/C20H19FN2O3S/c21-17-6-4-15(5-7-17)14-26-19-3-1-2-16(12-19)13-23-18-8-10-20(11-9-18)27(22,24)25/h1-12,23H,13-14H2,(H2,22,24,25). The van der Waals surface area contributed by atoms with E-state index in [1.807, 2.05) is 24.3 Å². The third kappa shape index (κ3) is 5.54. The number of nitrogens with two attached hydrogens (primary N) is 1. The van der Waals surface area contributed by atoms with Crippen molar-refractivity contribution in [1.29, 1.82) is 0 Å². The monoisotopic (exact) mass is 386 g/mol. The van der Waals surface area contributed by atoms with Gasteiger partial charge in [-0.2, -0.15) is 0 Å². The Hall–Kier alpha value is -2.90. The maximum Gasteiger partial charge on any atom is 0.238 e. The predicted molar refractivity (Wildman–Crippen MR) is 102 cm³/mol. The van der Waals surface area contributed by atoms with Gasteiger partial charge in [0, 0.05) is 12.2 Å². The predicted octanol–water partition coefficient (Wildman–Crippen LogP) is 3.66. The molecule has 3 aromatic carbocycles. The van der Waals surface area contributed by atoms with Gasteiger partial charge in [-0.15, -0.1) is 0 Å². The van der Waals surface area contributed by atoms with Crippen LogP contribution < -0.4 is 15.2 Å². The molecule has 0 saturated carbocycles. The van der Waals surface area contributed by atoms with E-state index >= 15 is 0 Å². The lowest BCUT2D eigenvalue weighted by Gasteiger charge is -2.10. The normalized spacial score (nSPS) is 11.2. The first-order valence-electron chi connectivity index (χ1n) is 8.23. The van der Waals surface area contributed by atoms with Crippen molar-refractivity contribution in [2.24, 2.45) is 5.14 Å². The summed E-state index contributed by atoms with van der Waals surface area (Å²) in [5.74, 6) is 0.437. The molecule has 0 aliphatic rings. The van der Waals surface area contributed by atoms with Crippen LogP contribution in [0.1, 0.15) is 11.1 Å². The maximum atomic E-state index is 12.9. The quantitative estimate of drug-likeness (QED) is 0.649. The minimum absolute atomic E-state index is 0.0734. The largest absolute Gasteiger partial charge is 0.489 e. The van der Waals surface area contributed by atoms with Crippen molar-refractivity contribution in [2.45, 2.75) is 18.0 Å². The molecule has 0 radical (unpaired) electrons. The number of ether oxygens (including phenoxy) is 1. The van der Waals surface area contributed by atoms with Crippen LogP contribution in [0.4, 0.5) is 10.1 Å². The van der Waals surface area contributed by atoms with E-state index in [1.165, 1.54) is 24.3 Å². The molecule has 7 heteroatoms. The Balaban J connectivity index is 1.58. The van der Waals surface area contributed by atoms with Crippen molar-refractivity contribution in [3.8, 4) is 5.75 Å². The number of primary sulfonamides is 1. The average Bonchev–Trinajstić information content (AvgIpc) is 2.66. The zero-order chi connectivity index (χ0) is 19.3. The second-order valence-electron chi connectivity index (χ2n) is 5.99. The molecular formula is C20H19FN2O3S. The van der Waals surface area contributed by atoms with Crippen molar-refractivity contribution >= 4 is 15.7 Å². The van der Waals surface area contributed by atoms with Crippen molar-refractivity contribution in [1.82, 2.24) is 0 Å². The number of halogens is 1. The molecule has 3 aromatic rings. The summed E-state index contributed by atoms with van der Waals surface area (Å²) in [5, 5.41) is 8.30. The van der Waals surface area contributed by atoms with Gasteiger partial charge in [0.1, 0.15) is 18.2 Å². The summed E-state index contributed by atoms with van der Waals surface area (Å²) in [7, 11) is -3.69. The lowest BCUT2D eigenvalue weighted by atomic mass is 10.2. The van der Waals surface area contributed by atoms with E-state index in [0.717, 1.165) is 16.8 Å². The molecule has 0 heterocycles. The van der Waals surface area contributed by atoms with Gasteiger partial charge in [0.05, 0.1) is 4.90 Å². The third-order valence-electron chi connectivity index (χ3n) is 3.90. The molecule has 0 fully saturated rings. The van der Waals surface area contributed by atoms with Crippen LogP contribution in [0.3, 0.4) is 0 Å². The van der Waals surface area contributed by atoms with Crippen LogP contribution in [0.2, 0.25) is 0 Å². The summed E-state index contributed by atoms with van der Waals surface area (Å²) in [4.78, 5) is 0.0734. The van der Waals surface area contributed by atoms with Gasteiger partial charge in [0.15, 0.2) is 0 Å². The van der Waals surface area contributed by atoms with E-state index in [4.69, 9.17) is 9.88 Å². The Bertz CT molecular complexity index is 1000. The van der Waals surface area contributed by atoms with Gasteiger partial charge in [0.25, 0.3) is 0 Å². The molecule has 0 aliphatic carbocycles. The van der Waals surface area contributed by atoms with Gasteiger partial charge in [-0.05, 0) is 59.7 Å². The fourth-order valence-corrected chi connectivity index (χ4v) is 2.97. The fourth-order valence-electron chi connectivity index (χ4n) is 2.46. The second-order valence-corrected chi connectivity index (χ2v) is 7.55. The van der Waals surface area contributed by atoms with E-state index in [1.54, 1.807) is 24.3 Å². The molecule has 0 saturated heterocycles. The first kappa shape index (κ1) is 18.9. The Morgan fingerprint density at radius 3 is 2.30 bits per heavy atom. The molecule has 27 heavy (non-hydrogen) atoms. The molecule has 5 nitrogen and oxygen atoms in total. The molecule has 0 aromatic heterocycles. The molecule has 0 aliphatic heterocycles. The van der Waals surface area contributed by atoms with Gasteiger partial charge in [-0.1, -0.05) is 24.3 Å². The summed E-state index contributed by atoms with van der Waals surface area (Å²) >= 11 is 0. The number of rotatable bonds is 7. The molecule has 0 atom stereocenters. The topological polar surface area (TPSA) is 81.4 Å². The summed E-state index contributed by atoms with van der Waals surface area (Å²) < 4.78 is 41.2. The summed E-state index contributed by atoms with van der Waals surface area (Å²) in [5.41, 5.74) is 2.66. The van der Waals surface area contributed by atoms with E-state index < -0.39 is 10.0 Å². The molecule has 140 valence electrons. The molecule has 0 amide bonds. The average molecular weight is 386 g/mol. The minimum Gasteiger partial charge on any atom is -0.489 e. The van der Waals surface area contributed by atoms with Crippen LogP contribution in [-0.4, -0.2) is 8.42 Å². The highest BCUT2D eigenvalue weighted by molar-refractivity contribution is 7.89. The molecule has 0 bridgehead atoms. The van der Waals surface area contributed by atoms with E-state index in [-0.39, 0.29) is 10.7 Å². The summed E-state index contributed by atoms with van der Waals surface area (Å²) in [6.07, 6.45) is 0. The van der Waals surface area contributed by atoms with Crippen LogP contribution >= 0.6 is 0 Å². The second kappa shape index (κ2) is 8.20. The number of sulfonamides is 1. The number of nitrogens with one attached hydrogen (secondary N) is 1. The summed E-state index contributed by atoms with van der Waals surface area (Å²) in [6, 6.07) is 20.0. The van der Waals surface area contributed by atoms with E-state index in [0.29, 0.717) is 18.9 Å². The highest BCUT2D eigenvalue weighted by atomic mass is 32.2. The van der Waals surface area contributed by atoms with Crippen LogP contribution in [0, 0.1) is 5.82 Å². The molecule has 0 spiro atoms. The zero-order valence-electron chi connectivity index (χ0n) is 14.4. The van der Waals surface area contributed by atoms with Gasteiger partial charge >= 0.3 is 0 Å². The Kier molecular flexibility index (Phi) is 5.73. The number of anilines is 1. The van der Waals surface area contributed by atoms with Gasteiger partial charge in [-0.25, -0.2) is 17.9 Å². The lowest BCUT2D eigenvalue weighted by Crippen LogP contribution is -2.12. The Morgan fingerprint density at radius 2 is 1.63 bits per heavy atom. The third-order valence-corrected chi connectivity index (χ3v) is 4.83. The molecule has 3 rings (SSSR count). The minimum atomic E-state index is -3.69. The lowest BCUT2D eigenvalue weighted by molar-refractivity contribution is 0.306. The van der Waals surface area contributed by atoms with Gasteiger partial charge in [-0.3, -0.25) is 0 Å². The van der Waals surface area contributed by atoms with Gasteiger partial charge < -0.3 is 10.1 Å². The highest BCUT2D eigenvalue weighted by Crippen LogP contribution is 2.18. The van der Waals surface area contributed by atoms with Crippen molar-refractivity contribution in [3.63, 3.8) is 0 Å². The van der Waals surface area contributed by atoms with Crippen LogP contribution in [-0.2, 0) is 23.2 Å². The SMILES string of the molecule is NS(=O)(=O)c1ccc(NCc2cccc(OCc3ccc(F)cc3)c2)cc1. The van der Waals surface area contributed by atoms with Crippen molar-refractivity contribution < 1.29 is 17.5 Å². The number of benzene rings is 3. The highest BCUT2D eigenvalue weighted by Gasteiger charge is 2.06. The van der Waals surface area contributed by atoms with Crippen molar-refractivity contribution in [3.05, 3.63) is 89.7 Å². The van der Waals surface area contributed by atoms with Gasteiger partial charge in [0.2, 0.25) is 10.0 Å². The van der Waals surface area contributed by atoms with Crippen LogP contribution in [0.15, 0.2) is 77.7 Å². The molecule has 3 N–H and O–H groups in total. The summed E-state index contributed by atoms with van der Waals surface area (Å²) in [6.45, 7) is 0.897. The zero-order valence-corrected chi connectivity index (χ0v) is 15.2. The smallest absolute Gasteiger partial charge is 0.238 e. The first-order valence-corrected chi connectivity index (χ1v) is 9.78. The molecular weight excluding hydrogens is 367 g/mol. The number of hydrogen-bond donors (Lipinski definition) is 2. The van der Waals surface area contributed by atoms with E-state index in [2.05, 4.69) is 5.32 Å². The molecule has 0 unspecified atom stereocenters. The van der Waals surface area contributed by atoms with E-state index in [9.17, 15) is 12.8 Å². The fraction of sp³-hybridized carbons (Fsp3) is 0.100. The van der Waals surface area contributed by atoms with Crippen molar-refractivity contribution in [2.75, 3.05) is 5.32 Å². The van der Waals surface area contributed by atoms with Crippen LogP contribution in [0.5, 0.6) is 5.75 Å².